The Morgan fingerprint density at radius 3 is 1.62 bits per heavy atom. The van der Waals surface area contributed by atoms with E-state index >= 15 is 0 Å². The van der Waals surface area contributed by atoms with Crippen LogP contribution < -0.4 is 0 Å². The zero-order chi connectivity index (χ0) is 12.8. The van der Waals surface area contributed by atoms with Crippen molar-refractivity contribution in [3.05, 3.63) is 12.2 Å². The van der Waals surface area contributed by atoms with Crippen LogP contribution in [0.4, 0.5) is 0 Å². The summed E-state index contributed by atoms with van der Waals surface area (Å²) in [5.74, 6) is 5.63. The highest BCUT2D eigenvalue weighted by Crippen LogP contribution is 2.40. The minimum atomic E-state index is -1.56. The second-order valence-electron chi connectivity index (χ2n) is 5.17. The van der Waals surface area contributed by atoms with E-state index in [1.165, 1.54) is 0 Å². The Kier molecular flexibility index (Phi) is 6.23. The molecule has 1 heteroatoms. The van der Waals surface area contributed by atoms with E-state index < -0.39 is 8.07 Å². The Balaban J connectivity index is 5.28. The molecule has 16 heavy (non-hydrogen) atoms. The molecule has 0 saturated heterocycles. The van der Waals surface area contributed by atoms with Crippen molar-refractivity contribution < 1.29 is 0 Å². The van der Waals surface area contributed by atoms with Crippen LogP contribution in [0.5, 0.6) is 0 Å². The first kappa shape index (κ1) is 15.1. The smallest absolute Gasteiger partial charge is 0.126 e. The molecule has 0 N–H and O–H groups in total. The van der Waals surface area contributed by atoms with Crippen LogP contribution in [-0.4, -0.2) is 8.07 Å². The molecule has 0 aliphatic heterocycles. The third kappa shape index (κ3) is 3.29. The monoisotopic (exact) mass is 232 g/mol. The van der Waals surface area contributed by atoms with Crippen LogP contribution >= 0.6 is 0 Å². The molecule has 0 aromatic carbocycles. The predicted molar refractivity (Wildman–Crippen MR) is 76.8 cm³/mol. The minimum Gasteiger partial charge on any atom is -0.126 e. The lowest BCUT2D eigenvalue weighted by Gasteiger charge is -2.37. The van der Waals surface area contributed by atoms with E-state index in [-0.39, 0.29) is 0 Å². The Labute approximate surface area is 103 Å². The van der Waals surface area contributed by atoms with Gasteiger partial charge in [-0.05, 0) is 28.8 Å². The SMILES string of the molecule is C#C/C=C\C#C[Si](C(C)C)(C(C)C)C(C)C. The van der Waals surface area contributed by atoms with Gasteiger partial charge in [0.05, 0.1) is 0 Å². The van der Waals surface area contributed by atoms with Crippen LogP contribution in [0, 0.1) is 23.8 Å². The summed E-state index contributed by atoms with van der Waals surface area (Å²) in [6.07, 6.45) is 8.64. The van der Waals surface area contributed by atoms with E-state index in [4.69, 9.17) is 6.42 Å². The zero-order valence-corrected chi connectivity index (χ0v) is 12.5. The van der Waals surface area contributed by atoms with Crippen LogP contribution in [0.15, 0.2) is 12.2 Å². The highest BCUT2D eigenvalue weighted by atomic mass is 28.3. The Hall–Kier alpha value is -0.923. The number of terminal acetylenes is 1. The van der Waals surface area contributed by atoms with Gasteiger partial charge in [-0.3, -0.25) is 0 Å². The second-order valence-corrected chi connectivity index (χ2v) is 10.7. The van der Waals surface area contributed by atoms with Gasteiger partial charge >= 0.3 is 0 Å². The van der Waals surface area contributed by atoms with Crippen LogP contribution in [0.3, 0.4) is 0 Å². The number of hydrogen-bond acceptors (Lipinski definition) is 0. The number of rotatable bonds is 3. The fourth-order valence-corrected chi connectivity index (χ4v) is 7.89. The Bertz CT molecular complexity index is 307. The van der Waals surface area contributed by atoms with Gasteiger partial charge in [-0.15, -0.1) is 12.0 Å². The molecule has 0 unspecified atom stereocenters. The standard InChI is InChI=1S/C15H24Si/c1-8-9-10-11-12-16(13(2)3,14(4)5)15(6)7/h1,9-10,13-15H,2-7H3/b10-9-. The molecular formula is C15H24Si. The lowest BCUT2D eigenvalue weighted by molar-refractivity contribution is 0.838. The van der Waals surface area contributed by atoms with Crippen molar-refractivity contribution in [1.82, 2.24) is 0 Å². The summed E-state index contributed by atoms with van der Waals surface area (Å²) < 4.78 is 0. The van der Waals surface area contributed by atoms with E-state index in [0.29, 0.717) is 16.6 Å². The van der Waals surface area contributed by atoms with Gasteiger partial charge in [-0.25, -0.2) is 0 Å². The molecular weight excluding hydrogens is 208 g/mol. The highest BCUT2D eigenvalue weighted by molar-refractivity contribution is 6.90. The summed E-state index contributed by atoms with van der Waals surface area (Å²) in [4.78, 5) is 0. The maximum atomic E-state index is 5.16. The predicted octanol–water partition coefficient (Wildman–Crippen LogP) is 4.40. The minimum absolute atomic E-state index is 0.680. The lowest BCUT2D eigenvalue weighted by atomic mass is 10.5. The van der Waals surface area contributed by atoms with Gasteiger partial charge < -0.3 is 0 Å². The molecule has 0 bridgehead atoms. The molecule has 0 aromatic rings. The van der Waals surface area contributed by atoms with Gasteiger partial charge in [0, 0.05) is 0 Å². The van der Waals surface area contributed by atoms with Gasteiger partial charge in [0.1, 0.15) is 8.07 Å². The first-order valence-corrected chi connectivity index (χ1v) is 8.26. The summed E-state index contributed by atoms with van der Waals surface area (Å²) in [6.45, 7) is 13.9. The summed E-state index contributed by atoms with van der Waals surface area (Å²) in [6, 6.07) is 0. The molecule has 0 saturated carbocycles. The first-order valence-electron chi connectivity index (χ1n) is 6.03. The van der Waals surface area contributed by atoms with E-state index in [0.717, 1.165) is 0 Å². The van der Waals surface area contributed by atoms with Gasteiger partial charge in [0.2, 0.25) is 0 Å². The van der Waals surface area contributed by atoms with Crippen molar-refractivity contribution in [2.75, 3.05) is 0 Å². The molecule has 0 fully saturated rings. The zero-order valence-electron chi connectivity index (χ0n) is 11.5. The van der Waals surface area contributed by atoms with E-state index in [9.17, 15) is 0 Å². The normalized spacial score (nSPS) is 12.0. The van der Waals surface area contributed by atoms with Crippen molar-refractivity contribution in [2.24, 2.45) is 0 Å². The summed E-state index contributed by atoms with van der Waals surface area (Å²) in [5.41, 5.74) is 5.61. The molecule has 0 radical (unpaired) electrons. The summed E-state index contributed by atoms with van der Waals surface area (Å²) in [7, 11) is -1.56. The molecule has 0 amide bonds. The highest BCUT2D eigenvalue weighted by Gasteiger charge is 2.41. The largest absolute Gasteiger partial charge is 0.146 e. The lowest BCUT2D eigenvalue weighted by Crippen LogP contribution is -2.43. The van der Waals surface area contributed by atoms with E-state index in [1.807, 2.05) is 0 Å². The maximum Gasteiger partial charge on any atom is 0.146 e. The quantitative estimate of drug-likeness (QED) is 0.500. The second kappa shape index (κ2) is 6.61. The van der Waals surface area contributed by atoms with Gasteiger partial charge in [-0.1, -0.05) is 53.4 Å². The third-order valence-corrected chi connectivity index (χ3v) is 9.73. The van der Waals surface area contributed by atoms with Crippen LogP contribution in [0.2, 0.25) is 16.6 Å². The Morgan fingerprint density at radius 1 is 0.875 bits per heavy atom. The maximum absolute atomic E-state index is 5.16. The number of allylic oxidation sites excluding steroid dienone is 2. The van der Waals surface area contributed by atoms with Crippen molar-refractivity contribution >= 4 is 8.07 Å². The first-order chi connectivity index (χ1) is 7.39. The van der Waals surface area contributed by atoms with Crippen LogP contribution in [0.25, 0.3) is 0 Å². The summed E-state index contributed by atoms with van der Waals surface area (Å²) >= 11 is 0. The van der Waals surface area contributed by atoms with Crippen molar-refractivity contribution in [1.29, 1.82) is 0 Å². The van der Waals surface area contributed by atoms with E-state index in [1.54, 1.807) is 12.2 Å². The molecule has 0 heterocycles. The molecule has 88 valence electrons. The fraction of sp³-hybridized carbons (Fsp3) is 0.600. The molecule has 0 aliphatic carbocycles. The summed E-state index contributed by atoms with van der Waals surface area (Å²) in [5, 5.41) is 0. The molecule has 0 rings (SSSR count). The van der Waals surface area contributed by atoms with Crippen molar-refractivity contribution in [3.8, 4) is 23.8 Å². The van der Waals surface area contributed by atoms with Gasteiger partial charge in [-0.2, -0.15) is 0 Å². The molecule has 0 atom stereocenters. The van der Waals surface area contributed by atoms with Gasteiger partial charge in [0.25, 0.3) is 0 Å². The van der Waals surface area contributed by atoms with Crippen molar-refractivity contribution in [2.45, 2.75) is 58.2 Å². The molecule has 0 nitrogen and oxygen atoms in total. The van der Waals surface area contributed by atoms with Crippen molar-refractivity contribution in [3.63, 3.8) is 0 Å². The topological polar surface area (TPSA) is 0 Å². The van der Waals surface area contributed by atoms with Crippen LogP contribution in [-0.2, 0) is 0 Å². The fourth-order valence-electron chi connectivity index (χ4n) is 2.69. The molecule has 0 aromatic heterocycles. The van der Waals surface area contributed by atoms with Gasteiger partial charge in [0.15, 0.2) is 0 Å². The molecule has 0 spiro atoms. The number of hydrogen-bond donors (Lipinski definition) is 0. The molecule has 0 aliphatic rings. The van der Waals surface area contributed by atoms with E-state index in [2.05, 4.69) is 58.9 Å². The third-order valence-electron chi connectivity index (χ3n) is 3.42. The Morgan fingerprint density at radius 2 is 1.31 bits per heavy atom. The average Bonchev–Trinajstić information content (AvgIpc) is 2.16. The average molecular weight is 232 g/mol. The van der Waals surface area contributed by atoms with Crippen LogP contribution in [0.1, 0.15) is 41.5 Å².